The van der Waals surface area contributed by atoms with E-state index in [0.717, 1.165) is 0 Å². The first-order valence-corrected chi connectivity index (χ1v) is 17.2. The molecule has 1 fully saturated rings. The number of ketones is 1. The molecule has 5 atom stereocenters. The van der Waals surface area contributed by atoms with Crippen LogP contribution >= 0.6 is 0 Å². The van der Waals surface area contributed by atoms with Gasteiger partial charge in [0.05, 0.1) is 24.3 Å². The number of nitrogens with one attached hydrogen (secondary N) is 4. The Hall–Kier alpha value is -4.53. The number of hydrogen-bond donors (Lipinski definition) is 5. The molecule has 1 heterocycles. The molecule has 1 aromatic rings. The normalized spacial score (nSPS) is 18.1. The van der Waals surface area contributed by atoms with E-state index in [1.54, 1.807) is 78.8 Å². The van der Waals surface area contributed by atoms with Gasteiger partial charge in [0.15, 0.2) is 0 Å². The third-order valence-electron chi connectivity index (χ3n) is 7.71. The fourth-order valence-corrected chi connectivity index (χ4v) is 5.52. The van der Waals surface area contributed by atoms with Crippen LogP contribution in [0, 0.1) is 5.41 Å². The standard InChI is InChI=1S/C36H56N6O9/c1-11-15-23(27(44)31(47)38-19-25(43)40-26(29(37)45)21-16-13-12-14-17-21)39-30(46)24-18-22(50-35(5,6)7)20-42(24)32(48)28(34(2,3)4)41-33(49)51-36(8,9)10/h12-14,16-17,22-24,26,28H,11,15,18-20H2,1-10H3,(H2,37,45)(H,38,47)(H,39,46)(H,40,43)(H,41,49). The van der Waals surface area contributed by atoms with Crippen molar-refractivity contribution in [2.45, 2.75) is 130 Å². The molecule has 6 amide bonds. The van der Waals surface area contributed by atoms with E-state index in [1.165, 1.54) is 4.90 Å². The minimum absolute atomic E-state index is 0.0357. The maximum Gasteiger partial charge on any atom is 0.408 e. The SMILES string of the molecule is CCCC(NC(=O)C1CC(OC(C)(C)C)CN1C(=O)C(NC(=O)OC(C)(C)C)C(C)(C)C)C(=O)C(=O)NCC(=O)NC(C(N)=O)c1ccccc1. The Kier molecular flexibility index (Phi) is 14.7. The highest BCUT2D eigenvalue weighted by atomic mass is 16.6. The number of amides is 6. The molecule has 0 aromatic heterocycles. The van der Waals surface area contributed by atoms with Gasteiger partial charge < -0.3 is 41.4 Å². The van der Waals surface area contributed by atoms with Gasteiger partial charge in [-0.2, -0.15) is 0 Å². The second kappa shape index (κ2) is 17.6. The number of carbonyl (C=O) groups is 7. The third-order valence-corrected chi connectivity index (χ3v) is 7.71. The Morgan fingerprint density at radius 1 is 0.882 bits per heavy atom. The fourth-order valence-electron chi connectivity index (χ4n) is 5.52. The zero-order chi connectivity index (χ0) is 38.9. The van der Waals surface area contributed by atoms with Crippen molar-refractivity contribution in [2.75, 3.05) is 13.1 Å². The van der Waals surface area contributed by atoms with Gasteiger partial charge in [-0.15, -0.1) is 0 Å². The Bertz CT molecular complexity index is 1430. The minimum Gasteiger partial charge on any atom is -0.444 e. The Balaban J connectivity index is 2.24. The predicted molar refractivity (Wildman–Crippen MR) is 189 cm³/mol. The first-order chi connectivity index (χ1) is 23.4. The summed E-state index contributed by atoms with van der Waals surface area (Å²) in [4.78, 5) is 92.9. The number of likely N-dealkylation sites (tertiary alicyclic amines) is 1. The summed E-state index contributed by atoms with van der Waals surface area (Å²) in [6, 6.07) is 3.67. The molecule has 0 aliphatic carbocycles. The molecule has 284 valence electrons. The van der Waals surface area contributed by atoms with E-state index in [4.69, 9.17) is 15.2 Å². The number of carbonyl (C=O) groups excluding carboxylic acids is 7. The number of ether oxygens (including phenoxy) is 2. The van der Waals surface area contributed by atoms with Gasteiger partial charge in [0.1, 0.15) is 23.7 Å². The van der Waals surface area contributed by atoms with E-state index in [2.05, 4.69) is 21.3 Å². The number of primary amides is 1. The van der Waals surface area contributed by atoms with Gasteiger partial charge in [0, 0.05) is 13.0 Å². The van der Waals surface area contributed by atoms with E-state index >= 15 is 0 Å². The molecule has 1 aliphatic rings. The van der Waals surface area contributed by atoms with Crippen molar-refractivity contribution in [1.82, 2.24) is 26.2 Å². The van der Waals surface area contributed by atoms with Crippen LogP contribution in [0.25, 0.3) is 0 Å². The zero-order valence-electron chi connectivity index (χ0n) is 31.5. The molecule has 51 heavy (non-hydrogen) atoms. The van der Waals surface area contributed by atoms with E-state index in [-0.39, 0.29) is 19.4 Å². The molecule has 1 aromatic carbocycles. The van der Waals surface area contributed by atoms with Crippen LogP contribution in [0.1, 0.15) is 100 Å². The third kappa shape index (κ3) is 13.6. The molecule has 15 heteroatoms. The molecule has 1 aliphatic heterocycles. The smallest absolute Gasteiger partial charge is 0.408 e. The molecule has 6 N–H and O–H groups in total. The highest BCUT2D eigenvalue weighted by molar-refractivity contribution is 6.38. The van der Waals surface area contributed by atoms with Gasteiger partial charge in [0.2, 0.25) is 29.4 Å². The van der Waals surface area contributed by atoms with Crippen molar-refractivity contribution in [1.29, 1.82) is 0 Å². The number of alkyl carbamates (subject to hydrolysis) is 1. The van der Waals surface area contributed by atoms with Gasteiger partial charge in [-0.25, -0.2) is 4.79 Å². The largest absolute Gasteiger partial charge is 0.444 e. The summed E-state index contributed by atoms with van der Waals surface area (Å²) >= 11 is 0. The highest BCUT2D eigenvalue weighted by Crippen LogP contribution is 2.29. The minimum atomic E-state index is -1.27. The quantitative estimate of drug-likeness (QED) is 0.178. The number of Topliss-reactive ketones (excluding diaryl/α,β-unsaturated/α-hetero) is 1. The van der Waals surface area contributed by atoms with Gasteiger partial charge in [-0.1, -0.05) is 64.4 Å². The number of nitrogens with two attached hydrogens (primary N) is 1. The van der Waals surface area contributed by atoms with E-state index in [9.17, 15) is 33.6 Å². The predicted octanol–water partition coefficient (Wildman–Crippen LogP) is 2.02. The second-order valence-corrected chi connectivity index (χ2v) is 15.7. The monoisotopic (exact) mass is 716 g/mol. The summed E-state index contributed by atoms with van der Waals surface area (Å²) in [6.45, 7) is 17.1. The summed E-state index contributed by atoms with van der Waals surface area (Å²) in [5, 5.41) is 9.99. The Morgan fingerprint density at radius 3 is 2.00 bits per heavy atom. The van der Waals surface area contributed by atoms with Crippen LogP contribution < -0.4 is 27.0 Å². The van der Waals surface area contributed by atoms with Crippen molar-refractivity contribution < 1.29 is 43.0 Å². The topological polar surface area (TPSA) is 215 Å². The molecular weight excluding hydrogens is 660 g/mol. The lowest BCUT2D eigenvalue weighted by atomic mass is 9.85. The fraction of sp³-hybridized carbons (Fsp3) is 0.639. The van der Waals surface area contributed by atoms with Gasteiger partial charge in [-0.05, 0) is 58.9 Å². The lowest BCUT2D eigenvalue weighted by Gasteiger charge is -2.36. The van der Waals surface area contributed by atoms with Crippen molar-refractivity contribution in [3.05, 3.63) is 35.9 Å². The average Bonchev–Trinajstić information content (AvgIpc) is 3.41. The summed E-state index contributed by atoms with van der Waals surface area (Å²) < 4.78 is 11.6. The molecule has 5 unspecified atom stereocenters. The average molecular weight is 717 g/mol. The van der Waals surface area contributed by atoms with E-state index in [0.29, 0.717) is 12.0 Å². The molecular formula is C36H56N6O9. The molecule has 0 radical (unpaired) electrons. The first kappa shape index (κ1) is 42.6. The molecule has 15 nitrogen and oxygen atoms in total. The summed E-state index contributed by atoms with van der Waals surface area (Å²) in [7, 11) is 0. The molecule has 1 saturated heterocycles. The van der Waals surface area contributed by atoms with Crippen molar-refractivity contribution in [3.63, 3.8) is 0 Å². The number of benzene rings is 1. The van der Waals surface area contributed by atoms with Gasteiger partial charge >= 0.3 is 6.09 Å². The van der Waals surface area contributed by atoms with Crippen LogP contribution in [0.2, 0.25) is 0 Å². The van der Waals surface area contributed by atoms with Gasteiger partial charge in [0.25, 0.3) is 5.91 Å². The molecule has 2 rings (SSSR count). The van der Waals surface area contributed by atoms with Crippen LogP contribution in [0.5, 0.6) is 0 Å². The Morgan fingerprint density at radius 2 is 1.49 bits per heavy atom. The summed E-state index contributed by atoms with van der Waals surface area (Å²) in [5.41, 5.74) is 3.68. The van der Waals surface area contributed by atoms with Crippen molar-refractivity contribution in [3.8, 4) is 0 Å². The molecule has 0 saturated carbocycles. The highest BCUT2D eigenvalue weighted by Gasteiger charge is 2.47. The lowest BCUT2D eigenvalue weighted by Crippen LogP contribution is -2.59. The molecule has 0 bridgehead atoms. The summed E-state index contributed by atoms with van der Waals surface area (Å²) in [6.07, 6.45) is -0.738. The van der Waals surface area contributed by atoms with Crippen LogP contribution in [0.15, 0.2) is 30.3 Å². The molecule has 0 spiro atoms. The van der Waals surface area contributed by atoms with Crippen molar-refractivity contribution in [2.24, 2.45) is 11.1 Å². The first-order valence-electron chi connectivity index (χ1n) is 17.2. The zero-order valence-corrected chi connectivity index (χ0v) is 31.5. The number of nitrogens with zero attached hydrogens (tertiary/aromatic N) is 1. The van der Waals surface area contributed by atoms with Crippen LogP contribution in [-0.2, 0) is 38.2 Å². The van der Waals surface area contributed by atoms with Crippen molar-refractivity contribution >= 4 is 41.4 Å². The maximum atomic E-state index is 14.2. The maximum absolute atomic E-state index is 14.2. The van der Waals surface area contributed by atoms with E-state index < -0.39 is 94.8 Å². The van der Waals surface area contributed by atoms with E-state index in [1.807, 2.05) is 20.8 Å². The number of rotatable bonds is 14. The Labute approximate surface area is 300 Å². The number of hydrogen-bond acceptors (Lipinski definition) is 9. The lowest BCUT2D eigenvalue weighted by molar-refractivity contribution is -0.144. The van der Waals surface area contributed by atoms with Crippen LogP contribution in [0.4, 0.5) is 4.79 Å². The summed E-state index contributed by atoms with van der Waals surface area (Å²) in [5.74, 6) is -4.92. The van der Waals surface area contributed by atoms with Gasteiger partial charge in [-0.3, -0.25) is 28.8 Å². The van der Waals surface area contributed by atoms with Crippen LogP contribution in [0.3, 0.4) is 0 Å². The van der Waals surface area contributed by atoms with Crippen LogP contribution in [-0.4, -0.2) is 94.8 Å². The second-order valence-electron chi connectivity index (χ2n) is 15.7.